The van der Waals surface area contributed by atoms with Gasteiger partial charge >= 0.3 is 0 Å². The topological polar surface area (TPSA) is 30.2 Å². The molecule has 0 amide bonds. The number of carbonyl (C=O) groups excluding carboxylic acids is 1. The van der Waals surface area contributed by atoms with Crippen LogP contribution in [-0.2, 0) is 6.42 Å². The van der Waals surface area contributed by atoms with Gasteiger partial charge in [-0.25, -0.2) is 0 Å². The van der Waals surface area contributed by atoms with Crippen molar-refractivity contribution in [3.63, 3.8) is 0 Å². The van der Waals surface area contributed by atoms with Gasteiger partial charge in [-0.3, -0.25) is 4.79 Å². The lowest BCUT2D eigenvalue weighted by atomic mass is 10.0. The summed E-state index contributed by atoms with van der Waals surface area (Å²) in [5.74, 6) is 0.611. The highest BCUT2D eigenvalue weighted by Crippen LogP contribution is 2.29. The molecule has 2 nitrogen and oxygen atoms in total. The maximum absolute atomic E-state index is 11.6. The van der Waals surface area contributed by atoms with E-state index in [9.17, 15) is 4.79 Å². The lowest BCUT2D eigenvalue weighted by Gasteiger charge is -2.06. The monoisotopic (exact) mass is 282 g/mol. The smallest absolute Gasteiger partial charge is 0.163 e. The molecule has 1 aromatic carbocycles. The first-order chi connectivity index (χ1) is 8.50. The first kappa shape index (κ1) is 13.2. The highest BCUT2D eigenvalue weighted by Gasteiger charge is 2.17. The molecule has 0 N–H and O–H groups in total. The van der Waals surface area contributed by atoms with Crippen molar-refractivity contribution >= 4 is 29.0 Å². The molecule has 0 unspecified atom stereocenters. The van der Waals surface area contributed by atoms with E-state index < -0.39 is 0 Å². The Bertz CT molecular complexity index is 580. The third-order valence-corrected chi connectivity index (χ3v) is 3.54. The normalized spacial score (nSPS) is 10.7. The predicted molar refractivity (Wildman–Crippen MR) is 72.7 cm³/mol. The quantitative estimate of drug-likeness (QED) is 0.765. The van der Waals surface area contributed by atoms with Gasteiger partial charge in [0.2, 0.25) is 0 Å². The molecular formula is C14H12Cl2O2. The first-order valence-corrected chi connectivity index (χ1v) is 6.27. The minimum atomic E-state index is -0.0144. The highest BCUT2D eigenvalue weighted by atomic mass is 35.5. The van der Waals surface area contributed by atoms with Gasteiger partial charge in [-0.1, -0.05) is 29.3 Å². The van der Waals surface area contributed by atoms with Crippen LogP contribution in [0, 0.1) is 6.92 Å². The Kier molecular flexibility index (Phi) is 3.79. The van der Waals surface area contributed by atoms with Crippen LogP contribution in [0.4, 0.5) is 0 Å². The van der Waals surface area contributed by atoms with Crippen molar-refractivity contribution in [1.82, 2.24) is 0 Å². The summed E-state index contributed by atoms with van der Waals surface area (Å²) in [6, 6.07) is 5.35. The third-order valence-electron chi connectivity index (χ3n) is 2.83. The number of aryl methyl sites for hydroxylation is 1. The molecule has 1 heterocycles. The minimum absolute atomic E-state index is 0.0144. The van der Waals surface area contributed by atoms with E-state index in [4.69, 9.17) is 27.6 Å². The highest BCUT2D eigenvalue weighted by molar-refractivity contribution is 6.36. The van der Waals surface area contributed by atoms with Crippen LogP contribution in [0.1, 0.15) is 34.2 Å². The summed E-state index contributed by atoms with van der Waals surface area (Å²) in [6.07, 6.45) is 2.08. The molecule has 0 saturated carbocycles. The standard InChI is InChI=1S/C14H12Cl2O2/c1-8(17)14-9(2)18-7-10(14)6-11-12(15)4-3-5-13(11)16/h3-5,7H,6H2,1-2H3. The largest absolute Gasteiger partial charge is 0.469 e. The van der Waals surface area contributed by atoms with Crippen molar-refractivity contribution in [3.8, 4) is 0 Å². The molecule has 2 aromatic rings. The summed E-state index contributed by atoms with van der Waals surface area (Å²) in [5.41, 5.74) is 2.24. The van der Waals surface area contributed by atoms with Crippen LogP contribution >= 0.6 is 23.2 Å². The number of rotatable bonds is 3. The average molecular weight is 283 g/mol. The summed E-state index contributed by atoms with van der Waals surface area (Å²) in [5, 5.41) is 1.19. The number of benzene rings is 1. The van der Waals surface area contributed by atoms with E-state index in [1.165, 1.54) is 6.92 Å². The molecule has 0 spiro atoms. The fourth-order valence-corrected chi connectivity index (χ4v) is 2.53. The first-order valence-electron chi connectivity index (χ1n) is 5.51. The van der Waals surface area contributed by atoms with E-state index in [2.05, 4.69) is 0 Å². The van der Waals surface area contributed by atoms with Crippen molar-refractivity contribution in [2.24, 2.45) is 0 Å². The van der Waals surface area contributed by atoms with Crippen LogP contribution in [0.5, 0.6) is 0 Å². The SMILES string of the molecule is CC(=O)c1c(Cc2c(Cl)cccc2Cl)coc1C. The van der Waals surface area contributed by atoms with Crippen molar-refractivity contribution in [2.45, 2.75) is 20.3 Å². The van der Waals surface area contributed by atoms with E-state index >= 15 is 0 Å². The van der Waals surface area contributed by atoms with Gasteiger partial charge in [0.15, 0.2) is 5.78 Å². The van der Waals surface area contributed by atoms with Crippen molar-refractivity contribution in [2.75, 3.05) is 0 Å². The molecule has 94 valence electrons. The predicted octanol–water partition coefficient (Wildman–Crippen LogP) is 4.69. The fraction of sp³-hybridized carbons (Fsp3) is 0.214. The Morgan fingerprint density at radius 1 is 1.28 bits per heavy atom. The lowest BCUT2D eigenvalue weighted by molar-refractivity contribution is 0.101. The van der Waals surface area contributed by atoms with E-state index in [-0.39, 0.29) is 5.78 Å². The maximum atomic E-state index is 11.6. The van der Waals surface area contributed by atoms with Crippen molar-refractivity contribution in [1.29, 1.82) is 0 Å². The molecule has 0 fully saturated rings. The Morgan fingerprint density at radius 2 is 1.89 bits per heavy atom. The van der Waals surface area contributed by atoms with Gasteiger partial charge in [0, 0.05) is 22.0 Å². The number of halogens is 2. The van der Waals surface area contributed by atoms with Crippen LogP contribution in [0.3, 0.4) is 0 Å². The van der Waals surface area contributed by atoms with E-state index in [0.717, 1.165) is 11.1 Å². The molecule has 0 radical (unpaired) electrons. The van der Waals surface area contributed by atoms with Gasteiger partial charge < -0.3 is 4.42 Å². The molecule has 0 aliphatic rings. The van der Waals surface area contributed by atoms with Gasteiger partial charge in [0.05, 0.1) is 11.8 Å². The maximum Gasteiger partial charge on any atom is 0.163 e. The number of ketones is 1. The zero-order chi connectivity index (χ0) is 13.3. The van der Waals surface area contributed by atoms with Crippen LogP contribution in [-0.4, -0.2) is 5.78 Å². The second-order valence-electron chi connectivity index (χ2n) is 4.13. The van der Waals surface area contributed by atoms with E-state index in [1.807, 2.05) is 0 Å². The Morgan fingerprint density at radius 3 is 2.44 bits per heavy atom. The second-order valence-corrected chi connectivity index (χ2v) is 4.94. The lowest BCUT2D eigenvalue weighted by Crippen LogP contribution is -1.99. The second kappa shape index (κ2) is 5.17. The van der Waals surface area contributed by atoms with Crippen LogP contribution in [0.25, 0.3) is 0 Å². The molecule has 0 aliphatic carbocycles. The van der Waals surface area contributed by atoms with Gasteiger partial charge in [0.25, 0.3) is 0 Å². The number of carbonyl (C=O) groups is 1. The van der Waals surface area contributed by atoms with Crippen molar-refractivity contribution in [3.05, 3.63) is 57.0 Å². The summed E-state index contributed by atoms with van der Waals surface area (Å²) in [6.45, 7) is 3.30. The van der Waals surface area contributed by atoms with E-state index in [1.54, 1.807) is 31.4 Å². The Balaban J connectivity index is 2.44. The number of Topliss-reactive ketones (excluding diaryl/α,β-unsaturated/α-hetero) is 1. The Hall–Kier alpha value is -1.25. The number of furan rings is 1. The third kappa shape index (κ3) is 2.45. The molecule has 0 aliphatic heterocycles. The molecule has 1 aromatic heterocycles. The van der Waals surface area contributed by atoms with Gasteiger partial charge in [-0.2, -0.15) is 0 Å². The molecule has 0 saturated heterocycles. The van der Waals surface area contributed by atoms with Crippen LogP contribution in [0.2, 0.25) is 10.0 Å². The Labute approximate surface area is 116 Å². The molecule has 2 rings (SSSR count). The molecule has 0 atom stereocenters. The van der Waals surface area contributed by atoms with Crippen LogP contribution in [0.15, 0.2) is 28.9 Å². The van der Waals surface area contributed by atoms with Crippen molar-refractivity contribution < 1.29 is 9.21 Å². The molecule has 18 heavy (non-hydrogen) atoms. The zero-order valence-corrected chi connectivity index (χ0v) is 11.6. The van der Waals surface area contributed by atoms with Crippen LogP contribution < -0.4 is 0 Å². The summed E-state index contributed by atoms with van der Waals surface area (Å²) in [7, 11) is 0. The molecule has 4 heteroatoms. The summed E-state index contributed by atoms with van der Waals surface area (Å²) < 4.78 is 5.30. The zero-order valence-electron chi connectivity index (χ0n) is 10.1. The van der Waals surface area contributed by atoms with Gasteiger partial charge in [-0.05, 0) is 31.5 Å². The number of hydrogen-bond donors (Lipinski definition) is 0. The minimum Gasteiger partial charge on any atom is -0.469 e. The van der Waals surface area contributed by atoms with Gasteiger partial charge in [-0.15, -0.1) is 0 Å². The fourth-order valence-electron chi connectivity index (χ4n) is 2.00. The summed E-state index contributed by atoms with van der Waals surface area (Å²) >= 11 is 12.2. The molecular weight excluding hydrogens is 271 g/mol. The average Bonchev–Trinajstić information content (AvgIpc) is 2.65. The summed E-state index contributed by atoms with van der Waals surface area (Å²) in [4.78, 5) is 11.6. The number of hydrogen-bond acceptors (Lipinski definition) is 2. The molecule has 0 bridgehead atoms. The van der Waals surface area contributed by atoms with Gasteiger partial charge in [0.1, 0.15) is 5.76 Å². The van der Waals surface area contributed by atoms with E-state index in [0.29, 0.717) is 27.8 Å².